The first-order chi connectivity index (χ1) is 6.64. The maximum Gasteiger partial charge on any atom is 0.214 e. The van der Waals surface area contributed by atoms with Gasteiger partial charge in [-0.2, -0.15) is 0 Å². The van der Waals surface area contributed by atoms with Crippen molar-refractivity contribution >= 4 is 10.0 Å². The molecule has 0 aromatic heterocycles. The van der Waals surface area contributed by atoms with Crippen molar-refractivity contribution in [3.8, 4) is 0 Å². The van der Waals surface area contributed by atoms with Crippen LogP contribution in [0.5, 0.6) is 0 Å². The maximum absolute atomic E-state index is 11.4. The number of rotatable bonds is 5. The van der Waals surface area contributed by atoms with Gasteiger partial charge in [0.15, 0.2) is 0 Å². The first kappa shape index (κ1) is 11.7. The summed E-state index contributed by atoms with van der Waals surface area (Å²) in [6, 6.07) is 0.0712. The summed E-state index contributed by atoms with van der Waals surface area (Å²) in [6.07, 6.45) is 6.75. The molecule has 0 saturated heterocycles. The summed E-state index contributed by atoms with van der Waals surface area (Å²) in [5, 5.41) is 0. The fourth-order valence-corrected chi connectivity index (χ4v) is 2.63. The van der Waals surface area contributed by atoms with Crippen LogP contribution in [0.3, 0.4) is 0 Å². The number of nitrogens with one attached hydrogen (secondary N) is 1. The van der Waals surface area contributed by atoms with E-state index in [-0.39, 0.29) is 18.4 Å². The molecule has 4 nitrogen and oxygen atoms in total. The van der Waals surface area contributed by atoms with E-state index in [1.807, 2.05) is 6.08 Å². The van der Waals surface area contributed by atoms with E-state index in [0.717, 1.165) is 19.3 Å². The first-order valence-corrected chi connectivity index (χ1v) is 6.43. The Balaban J connectivity index is 2.38. The molecule has 0 heterocycles. The van der Waals surface area contributed by atoms with Gasteiger partial charge in [0.05, 0.1) is 12.4 Å². The van der Waals surface area contributed by atoms with Crippen LogP contribution in [0.1, 0.15) is 19.3 Å². The number of sulfonamides is 1. The van der Waals surface area contributed by atoms with Gasteiger partial charge in [-0.15, -0.1) is 0 Å². The van der Waals surface area contributed by atoms with Crippen LogP contribution in [-0.4, -0.2) is 33.9 Å². The largest absolute Gasteiger partial charge is 0.384 e. The highest BCUT2D eigenvalue weighted by atomic mass is 32.2. The topological polar surface area (TPSA) is 55.4 Å². The summed E-state index contributed by atoms with van der Waals surface area (Å²) in [7, 11) is -1.65. The molecule has 1 rings (SSSR count). The van der Waals surface area contributed by atoms with Crippen molar-refractivity contribution in [1.82, 2.24) is 4.72 Å². The molecule has 14 heavy (non-hydrogen) atoms. The Morgan fingerprint density at radius 2 is 2.29 bits per heavy atom. The summed E-state index contributed by atoms with van der Waals surface area (Å²) in [5.41, 5.74) is 0. The van der Waals surface area contributed by atoms with Gasteiger partial charge in [0.25, 0.3) is 0 Å². The van der Waals surface area contributed by atoms with Crippen LogP contribution in [-0.2, 0) is 14.8 Å². The van der Waals surface area contributed by atoms with Gasteiger partial charge in [-0.1, -0.05) is 12.2 Å². The molecule has 1 atom stereocenters. The van der Waals surface area contributed by atoms with Crippen molar-refractivity contribution in [3.63, 3.8) is 0 Å². The highest BCUT2D eigenvalue weighted by Crippen LogP contribution is 2.11. The van der Waals surface area contributed by atoms with Crippen molar-refractivity contribution in [1.29, 1.82) is 0 Å². The number of hydrogen-bond donors (Lipinski definition) is 1. The van der Waals surface area contributed by atoms with Crippen molar-refractivity contribution in [2.75, 3.05) is 19.5 Å². The molecular weight excluding hydrogens is 202 g/mol. The lowest BCUT2D eigenvalue weighted by atomic mass is 10.0. The van der Waals surface area contributed by atoms with Crippen LogP contribution in [0.15, 0.2) is 12.2 Å². The lowest BCUT2D eigenvalue weighted by Crippen LogP contribution is -2.37. The van der Waals surface area contributed by atoms with Crippen LogP contribution >= 0.6 is 0 Å². The highest BCUT2D eigenvalue weighted by molar-refractivity contribution is 7.89. The molecule has 5 heteroatoms. The molecule has 0 aliphatic heterocycles. The number of methoxy groups -OCH3 is 1. The second kappa shape index (κ2) is 5.48. The van der Waals surface area contributed by atoms with Gasteiger partial charge in [-0.25, -0.2) is 13.1 Å². The van der Waals surface area contributed by atoms with Crippen molar-refractivity contribution in [2.45, 2.75) is 25.3 Å². The summed E-state index contributed by atoms with van der Waals surface area (Å²) in [6.45, 7) is 0.248. The van der Waals surface area contributed by atoms with Gasteiger partial charge in [0, 0.05) is 13.2 Å². The van der Waals surface area contributed by atoms with Crippen LogP contribution in [0.25, 0.3) is 0 Å². The summed E-state index contributed by atoms with van der Waals surface area (Å²) in [4.78, 5) is 0. The molecule has 1 aliphatic rings. The van der Waals surface area contributed by atoms with Crippen LogP contribution < -0.4 is 4.72 Å². The lowest BCUT2D eigenvalue weighted by Gasteiger charge is -2.18. The van der Waals surface area contributed by atoms with Crippen LogP contribution in [0.4, 0.5) is 0 Å². The van der Waals surface area contributed by atoms with E-state index < -0.39 is 10.0 Å². The third kappa shape index (κ3) is 4.21. The minimum atomic E-state index is -3.15. The second-order valence-corrected chi connectivity index (χ2v) is 5.28. The normalized spacial score (nSPS) is 22.5. The summed E-state index contributed by atoms with van der Waals surface area (Å²) >= 11 is 0. The van der Waals surface area contributed by atoms with E-state index in [1.54, 1.807) is 0 Å². The smallest absolute Gasteiger partial charge is 0.214 e. The Hall–Kier alpha value is -0.390. The Labute approximate surface area is 85.4 Å². The van der Waals surface area contributed by atoms with Gasteiger partial charge in [-0.05, 0) is 19.3 Å². The van der Waals surface area contributed by atoms with Crippen molar-refractivity contribution in [3.05, 3.63) is 12.2 Å². The first-order valence-electron chi connectivity index (χ1n) is 4.78. The van der Waals surface area contributed by atoms with E-state index in [4.69, 9.17) is 4.74 Å². The van der Waals surface area contributed by atoms with Crippen LogP contribution in [0, 0.1) is 0 Å². The van der Waals surface area contributed by atoms with Gasteiger partial charge in [0.1, 0.15) is 0 Å². The average molecular weight is 219 g/mol. The molecule has 0 bridgehead atoms. The van der Waals surface area contributed by atoms with Crippen molar-refractivity contribution in [2.24, 2.45) is 0 Å². The minimum Gasteiger partial charge on any atom is -0.384 e. The molecule has 0 unspecified atom stereocenters. The average Bonchev–Trinajstić information content (AvgIpc) is 2.16. The maximum atomic E-state index is 11.4. The summed E-state index contributed by atoms with van der Waals surface area (Å²) in [5.74, 6) is 0.0454. The molecule has 0 aromatic carbocycles. The highest BCUT2D eigenvalue weighted by Gasteiger charge is 2.17. The predicted octanol–water partition coefficient (Wildman–Crippen LogP) is 0.661. The minimum absolute atomic E-state index is 0.0454. The molecule has 0 radical (unpaired) electrons. The Kier molecular flexibility index (Phi) is 4.57. The fraction of sp³-hybridized carbons (Fsp3) is 0.778. The van der Waals surface area contributed by atoms with Gasteiger partial charge < -0.3 is 4.74 Å². The number of allylic oxidation sites excluding steroid dienone is 1. The molecule has 0 spiro atoms. The predicted molar refractivity (Wildman–Crippen MR) is 55.6 cm³/mol. The standard InChI is InChI=1S/C9H17NO3S/c1-13-7-8-14(11,12)10-9-5-3-2-4-6-9/h2-3,9-10H,4-8H2,1H3/t9-/m1/s1. The summed E-state index contributed by atoms with van der Waals surface area (Å²) < 4.78 is 30.3. The monoisotopic (exact) mass is 219 g/mol. The molecule has 82 valence electrons. The zero-order valence-corrected chi connectivity index (χ0v) is 9.22. The lowest BCUT2D eigenvalue weighted by molar-refractivity contribution is 0.216. The van der Waals surface area contributed by atoms with E-state index in [1.165, 1.54) is 7.11 Å². The molecule has 0 aromatic rings. The SMILES string of the molecule is COCCS(=O)(=O)N[C@@H]1CC=CCC1. The Bertz CT molecular complexity index is 284. The molecular formula is C9H17NO3S. The fourth-order valence-electron chi connectivity index (χ4n) is 1.41. The Morgan fingerprint density at radius 1 is 1.50 bits per heavy atom. The van der Waals surface area contributed by atoms with E-state index in [9.17, 15) is 8.42 Å². The van der Waals surface area contributed by atoms with Gasteiger partial charge in [0.2, 0.25) is 10.0 Å². The van der Waals surface area contributed by atoms with E-state index >= 15 is 0 Å². The zero-order chi connectivity index (χ0) is 10.4. The number of hydrogen-bond acceptors (Lipinski definition) is 3. The third-order valence-corrected chi connectivity index (χ3v) is 3.57. The molecule has 1 N–H and O–H groups in total. The van der Waals surface area contributed by atoms with Crippen molar-refractivity contribution < 1.29 is 13.2 Å². The van der Waals surface area contributed by atoms with E-state index in [2.05, 4.69) is 10.8 Å². The van der Waals surface area contributed by atoms with E-state index in [0.29, 0.717) is 0 Å². The third-order valence-electron chi connectivity index (χ3n) is 2.17. The molecule has 0 saturated carbocycles. The number of ether oxygens (including phenoxy) is 1. The van der Waals surface area contributed by atoms with Crippen LogP contribution in [0.2, 0.25) is 0 Å². The molecule has 1 aliphatic carbocycles. The quantitative estimate of drug-likeness (QED) is 0.691. The Morgan fingerprint density at radius 3 is 2.86 bits per heavy atom. The molecule has 0 amide bonds. The second-order valence-electron chi connectivity index (χ2n) is 3.41. The van der Waals surface area contributed by atoms with Gasteiger partial charge in [-0.3, -0.25) is 0 Å². The molecule has 0 fully saturated rings. The van der Waals surface area contributed by atoms with Gasteiger partial charge >= 0.3 is 0 Å². The zero-order valence-electron chi connectivity index (χ0n) is 8.40.